The topological polar surface area (TPSA) is 87.3 Å². The summed E-state index contributed by atoms with van der Waals surface area (Å²) >= 11 is 0. The molecular weight excluding hydrogens is 266 g/mol. The van der Waals surface area contributed by atoms with E-state index >= 15 is 0 Å². The van der Waals surface area contributed by atoms with Crippen molar-refractivity contribution in [2.24, 2.45) is 0 Å². The number of fused-ring (bicyclic) bond motifs is 1. The number of carbonyl (C=O) groups excluding carboxylic acids is 1. The van der Waals surface area contributed by atoms with E-state index in [2.05, 4.69) is 15.4 Å². The number of hydrogen-bond acceptors (Lipinski definition) is 3. The fourth-order valence-corrected chi connectivity index (χ4v) is 3.05. The van der Waals surface area contributed by atoms with Gasteiger partial charge < -0.3 is 10.6 Å². The molecule has 0 saturated carbocycles. The lowest BCUT2D eigenvalue weighted by atomic mass is 10.1. The Morgan fingerprint density at radius 3 is 2.63 bits per heavy atom. The van der Waals surface area contributed by atoms with E-state index in [0.29, 0.717) is 17.8 Å². The summed E-state index contributed by atoms with van der Waals surface area (Å²) in [4.78, 5) is 11.9. The van der Waals surface area contributed by atoms with Crippen molar-refractivity contribution in [1.82, 2.24) is 10.0 Å². The van der Waals surface area contributed by atoms with Crippen LogP contribution in [0.1, 0.15) is 26.3 Å². The predicted octanol–water partition coefficient (Wildman–Crippen LogP) is 1.40. The molecule has 0 atom stereocenters. The summed E-state index contributed by atoms with van der Waals surface area (Å²) in [6.45, 7) is 5.89. The zero-order chi connectivity index (χ0) is 14.3. The van der Waals surface area contributed by atoms with Gasteiger partial charge in [-0.15, -0.1) is 0 Å². The molecule has 2 rings (SSSR count). The second-order valence-corrected chi connectivity index (χ2v) is 7.21. The van der Waals surface area contributed by atoms with Gasteiger partial charge >= 0.3 is 6.03 Å². The van der Waals surface area contributed by atoms with Crippen molar-refractivity contribution in [3.05, 3.63) is 23.8 Å². The summed E-state index contributed by atoms with van der Waals surface area (Å²) in [7, 11) is -3.42. The van der Waals surface area contributed by atoms with Crippen LogP contribution in [0.5, 0.6) is 0 Å². The lowest BCUT2D eigenvalue weighted by molar-refractivity contribution is 0.244. The molecule has 2 amide bonds. The number of amides is 2. The molecule has 6 nitrogen and oxygen atoms in total. The van der Waals surface area contributed by atoms with Crippen LogP contribution < -0.4 is 15.4 Å². The number of sulfonamides is 1. The molecule has 1 aliphatic rings. The van der Waals surface area contributed by atoms with E-state index in [0.717, 1.165) is 0 Å². The van der Waals surface area contributed by atoms with E-state index in [1.165, 1.54) is 6.07 Å². The van der Waals surface area contributed by atoms with Crippen molar-refractivity contribution >= 4 is 21.7 Å². The number of rotatable bonds is 1. The van der Waals surface area contributed by atoms with Crippen LogP contribution >= 0.6 is 0 Å². The minimum atomic E-state index is -3.42. The maximum atomic E-state index is 11.7. The molecule has 0 radical (unpaired) electrons. The van der Waals surface area contributed by atoms with Gasteiger partial charge in [0.15, 0.2) is 0 Å². The van der Waals surface area contributed by atoms with Crippen LogP contribution in [0.3, 0.4) is 0 Å². The molecular formula is C12H17N3O3S. The highest BCUT2D eigenvalue weighted by Gasteiger charge is 2.25. The second kappa shape index (κ2) is 4.50. The van der Waals surface area contributed by atoms with Gasteiger partial charge in [-0.2, -0.15) is 0 Å². The van der Waals surface area contributed by atoms with Crippen LogP contribution in [-0.4, -0.2) is 20.0 Å². The standard InChI is InChI=1S/C12H17N3O3S/c1-12(2,3)15-11(16)14-9-5-4-8-7-13-19(17,18)10(8)6-9/h4-6,13H,7H2,1-3H3,(H2,14,15,16). The fourth-order valence-electron chi connectivity index (χ4n) is 1.78. The smallest absolute Gasteiger partial charge is 0.319 e. The SMILES string of the molecule is CC(C)(C)NC(=O)Nc1ccc2c(c1)S(=O)(=O)NC2. The number of anilines is 1. The number of urea groups is 1. The van der Waals surface area contributed by atoms with Crippen molar-refractivity contribution < 1.29 is 13.2 Å². The number of benzene rings is 1. The van der Waals surface area contributed by atoms with Gasteiger partial charge in [0.1, 0.15) is 0 Å². The van der Waals surface area contributed by atoms with Crippen LogP contribution in [0.25, 0.3) is 0 Å². The highest BCUT2D eigenvalue weighted by atomic mass is 32.2. The molecule has 1 aromatic rings. The lowest BCUT2D eigenvalue weighted by Crippen LogP contribution is -2.43. The molecule has 1 heterocycles. The van der Waals surface area contributed by atoms with Crippen LogP contribution in [0.2, 0.25) is 0 Å². The first-order chi connectivity index (χ1) is 8.67. The van der Waals surface area contributed by atoms with Crippen molar-refractivity contribution in [3.8, 4) is 0 Å². The number of hydrogen-bond donors (Lipinski definition) is 3. The highest BCUT2D eigenvalue weighted by Crippen LogP contribution is 2.25. The normalized spacial score (nSPS) is 16.8. The Morgan fingerprint density at radius 1 is 1.32 bits per heavy atom. The molecule has 0 aliphatic carbocycles. The quantitative estimate of drug-likeness (QED) is 0.728. The Bertz CT molecular complexity index is 618. The van der Waals surface area contributed by atoms with Gasteiger partial charge in [-0.1, -0.05) is 6.07 Å². The van der Waals surface area contributed by atoms with Gasteiger partial charge in [0.2, 0.25) is 10.0 Å². The Kier molecular flexibility index (Phi) is 3.27. The minimum Gasteiger partial charge on any atom is -0.333 e. The molecule has 0 bridgehead atoms. The van der Waals surface area contributed by atoms with Crippen molar-refractivity contribution in [3.63, 3.8) is 0 Å². The van der Waals surface area contributed by atoms with Crippen molar-refractivity contribution in [2.75, 3.05) is 5.32 Å². The van der Waals surface area contributed by atoms with E-state index in [1.54, 1.807) is 12.1 Å². The summed E-state index contributed by atoms with van der Waals surface area (Å²) in [5.74, 6) is 0. The summed E-state index contributed by atoms with van der Waals surface area (Å²) < 4.78 is 25.8. The third kappa shape index (κ3) is 3.24. The Balaban J connectivity index is 2.18. The minimum absolute atomic E-state index is 0.223. The van der Waals surface area contributed by atoms with E-state index < -0.39 is 10.0 Å². The van der Waals surface area contributed by atoms with Gasteiger partial charge in [0.25, 0.3) is 0 Å². The average molecular weight is 283 g/mol. The Hall–Kier alpha value is -1.60. The van der Waals surface area contributed by atoms with Gasteiger partial charge in [-0.05, 0) is 38.5 Å². The van der Waals surface area contributed by atoms with Gasteiger partial charge in [0.05, 0.1) is 4.90 Å². The van der Waals surface area contributed by atoms with Gasteiger partial charge in [-0.3, -0.25) is 0 Å². The van der Waals surface area contributed by atoms with E-state index in [4.69, 9.17) is 0 Å². The first kappa shape index (κ1) is 13.8. The lowest BCUT2D eigenvalue weighted by Gasteiger charge is -2.20. The molecule has 3 N–H and O–H groups in total. The maximum Gasteiger partial charge on any atom is 0.319 e. The molecule has 1 aliphatic heterocycles. The number of carbonyl (C=O) groups is 1. The fraction of sp³-hybridized carbons (Fsp3) is 0.417. The third-order valence-corrected chi connectivity index (χ3v) is 4.04. The molecule has 0 spiro atoms. The Morgan fingerprint density at radius 2 is 2.00 bits per heavy atom. The first-order valence-corrected chi connectivity index (χ1v) is 7.37. The highest BCUT2D eigenvalue weighted by molar-refractivity contribution is 7.89. The largest absolute Gasteiger partial charge is 0.333 e. The molecule has 0 unspecified atom stereocenters. The first-order valence-electron chi connectivity index (χ1n) is 5.89. The maximum absolute atomic E-state index is 11.7. The van der Waals surface area contributed by atoms with Crippen LogP contribution in [0, 0.1) is 0 Å². The van der Waals surface area contributed by atoms with Crippen LogP contribution in [0.4, 0.5) is 10.5 Å². The molecule has 104 valence electrons. The average Bonchev–Trinajstić information content (AvgIpc) is 2.52. The molecule has 0 saturated heterocycles. The number of nitrogens with one attached hydrogen (secondary N) is 3. The molecule has 7 heteroatoms. The zero-order valence-electron chi connectivity index (χ0n) is 11.1. The van der Waals surface area contributed by atoms with E-state index in [9.17, 15) is 13.2 Å². The summed E-state index contributed by atoms with van der Waals surface area (Å²) in [5, 5.41) is 5.36. The monoisotopic (exact) mass is 283 g/mol. The van der Waals surface area contributed by atoms with E-state index in [1.807, 2.05) is 20.8 Å². The summed E-state index contributed by atoms with van der Waals surface area (Å²) in [6, 6.07) is 4.48. The van der Waals surface area contributed by atoms with Crippen molar-refractivity contribution in [1.29, 1.82) is 0 Å². The molecule has 1 aromatic carbocycles. The second-order valence-electron chi connectivity index (χ2n) is 5.48. The molecule has 19 heavy (non-hydrogen) atoms. The Labute approximate surface area is 112 Å². The van der Waals surface area contributed by atoms with Gasteiger partial charge in [-0.25, -0.2) is 17.9 Å². The molecule has 0 aromatic heterocycles. The van der Waals surface area contributed by atoms with Crippen molar-refractivity contribution in [2.45, 2.75) is 37.8 Å². The summed E-state index contributed by atoms with van der Waals surface area (Å²) in [5.41, 5.74) is 0.809. The van der Waals surface area contributed by atoms with Crippen LogP contribution in [0.15, 0.2) is 23.1 Å². The predicted molar refractivity (Wildman–Crippen MR) is 72.4 cm³/mol. The summed E-state index contributed by atoms with van der Waals surface area (Å²) in [6.07, 6.45) is 0. The zero-order valence-corrected chi connectivity index (χ0v) is 11.9. The molecule has 0 fully saturated rings. The van der Waals surface area contributed by atoms with E-state index in [-0.39, 0.29) is 16.5 Å². The third-order valence-electron chi connectivity index (χ3n) is 2.56. The van der Waals surface area contributed by atoms with Gasteiger partial charge in [0, 0.05) is 17.8 Å². The van der Waals surface area contributed by atoms with Crippen LogP contribution in [-0.2, 0) is 16.6 Å².